The number of carbonyl (C=O) groups is 3. The maximum Gasteiger partial charge on any atom is 0.329 e. The van der Waals surface area contributed by atoms with Crippen LogP contribution in [0.1, 0.15) is 11.1 Å². The van der Waals surface area contributed by atoms with E-state index in [1.807, 2.05) is 42.5 Å². The Morgan fingerprint density at radius 2 is 1.82 bits per heavy atom. The van der Waals surface area contributed by atoms with Gasteiger partial charge in [-0.1, -0.05) is 58.4 Å². The van der Waals surface area contributed by atoms with E-state index in [0.717, 1.165) is 21.2 Å². The van der Waals surface area contributed by atoms with Gasteiger partial charge in [0, 0.05) is 4.47 Å². The number of carbonyl (C=O) groups excluding carboxylic acids is 3. The van der Waals surface area contributed by atoms with Crippen LogP contribution in [-0.2, 0) is 20.9 Å². The van der Waals surface area contributed by atoms with Gasteiger partial charge in [0.05, 0.1) is 14.2 Å². The Balaban J connectivity index is 1.57. The molecule has 0 bridgehead atoms. The second kappa shape index (κ2) is 9.96. The molecule has 174 valence electrons. The first-order valence-electron chi connectivity index (χ1n) is 10.3. The van der Waals surface area contributed by atoms with E-state index in [0.29, 0.717) is 28.1 Å². The number of ether oxygens (including phenoxy) is 3. The predicted molar refractivity (Wildman–Crippen MR) is 129 cm³/mol. The van der Waals surface area contributed by atoms with Crippen LogP contribution in [-0.4, -0.2) is 43.6 Å². The van der Waals surface area contributed by atoms with Gasteiger partial charge in [0.25, 0.3) is 5.91 Å². The summed E-state index contributed by atoms with van der Waals surface area (Å²) in [6.45, 7) is -0.133. The molecular weight excluding hydrogens is 504 g/mol. The topological polar surface area (TPSA) is 94.2 Å². The lowest BCUT2D eigenvalue weighted by atomic mass is 10.1. The molecule has 9 heteroatoms. The molecular formula is C25H21BrN2O6. The van der Waals surface area contributed by atoms with Crippen LogP contribution in [0.5, 0.6) is 11.5 Å². The van der Waals surface area contributed by atoms with E-state index in [2.05, 4.69) is 26.0 Å². The minimum absolute atomic E-state index is 0.0288. The second-order valence-corrected chi connectivity index (χ2v) is 8.26. The fraction of sp³-hybridized carbons (Fsp3) is 0.160. The van der Waals surface area contributed by atoms with Crippen molar-refractivity contribution in [3.05, 3.63) is 75.9 Å². The highest BCUT2D eigenvalue weighted by atomic mass is 79.9. The first-order valence-corrected chi connectivity index (χ1v) is 11.1. The highest BCUT2D eigenvalue weighted by molar-refractivity contribution is 9.10. The summed E-state index contributed by atoms with van der Waals surface area (Å²) in [5.74, 6) is -0.352. The van der Waals surface area contributed by atoms with Crippen molar-refractivity contribution in [2.75, 3.05) is 20.8 Å². The summed E-state index contributed by atoms with van der Waals surface area (Å²) >= 11 is 3.49. The van der Waals surface area contributed by atoms with Crippen LogP contribution < -0.4 is 14.8 Å². The highest BCUT2D eigenvalue weighted by Crippen LogP contribution is 2.35. The summed E-state index contributed by atoms with van der Waals surface area (Å²) in [7, 11) is 2.70. The molecule has 3 amide bonds. The Kier molecular flexibility index (Phi) is 6.83. The van der Waals surface area contributed by atoms with E-state index in [4.69, 9.17) is 9.47 Å². The lowest BCUT2D eigenvalue weighted by molar-refractivity contribution is -0.143. The molecule has 3 aromatic carbocycles. The Morgan fingerprint density at radius 3 is 2.59 bits per heavy atom. The first kappa shape index (κ1) is 23.3. The molecule has 0 aromatic heterocycles. The van der Waals surface area contributed by atoms with Crippen LogP contribution in [0.2, 0.25) is 0 Å². The molecule has 0 spiro atoms. The van der Waals surface area contributed by atoms with Crippen LogP contribution in [0.4, 0.5) is 4.79 Å². The standard InChI is InChI=1S/C25H21BrN2O6/c1-32-21-11-17(10-20-24(30)28(25(31)27-20)13-23(29)33-2)19(26)12-22(21)34-14-16-8-5-7-15-6-3-4-9-18(15)16/h3-12H,13-14H2,1-2H3,(H,27,31)/b20-10+. The third kappa shape index (κ3) is 4.74. The molecule has 0 saturated carbocycles. The summed E-state index contributed by atoms with van der Waals surface area (Å²) in [5.41, 5.74) is 1.64. The molecule has 0 unspecified atom stereocenters. The van der Waals surface area contributed by atoms with Crippen molar-refractivity contribution in [2.45, 2.75) is 6.61 Å². The van der Waals surface area contributed by atoms with Gasteiger partial charge in [-0.15, -0.1) is 0 Å². The molecule has 4 rings (SSSR count). The number of hydrogen-bond acceptors (Lipinski definition) is 6. The molecule has 34 heavy (non-hydrogen) atoms. The Hall–Kier alpha value is -3.85. The van der Waals surface area contributed by atoms with Crippen LogP contribution in [0.25, 0.3) is 16.8 Å². The molecule has 1 fully saturated rings. The molecule has 1 N–H and O–H groups in total. The number of benzene rings is 3. The van der Waals surface area contributed by atoms with Gasteiger partial charge in [0.2, 0.25) is 0 Å². The zero-order valence-electron chi connectivity index (χ0n) is 18.5. The van der Waals surface area contributed by atoms with Gasteiger partial charge < -0.3 is 19.5 Å². The Labute approximate surface area is 204 Å². The van der Waals surface area contributed by atoms with E-state index >= 15 is 0 Å². The smallest absolute Gasteiger partial charge is 0.329 e. The van der Waals surface area contributed by atoms with Crippen molar-refractivity contribution in [1.82, 2.24) is 10.2 Å². The van der Waals surface area contributed by atoms with Crippen molar-refractivity contribution in [1.29, 1.82) is 0 Å². The third-order valence-corrected chi connectivity index (χ3v) is 6.01. The van der Waals surface area contributed by atoms with Gasteiger partial charge in [-0.05, 0) is 40.1 Å². The lowest BCUT2D eigenvalue weighted by Crippen LogP contribution is -2.36. The fourth-order valence-corrected chi connectivity index (χ4v) is 4.01. The van der Waals surface area contributed by atoms with Crippen LogP contribution in [0, 0.1) is 0 Å². The zero-order valence-corrected chi connectivity index (χ0v) is 20.0. The van der Waals surface area contributed by atoms with Crippen molar-refractivity contribution in [2.24, 2.45) is 0 Å². The number of imide groups is 1. The van der Waals surface area contributed by atoms with Crippen molar-refractivity contribution >= 4 is 50.7 Å². The van der Waals surface area contributed by atoms with Gasteiger partial charge in [0.15, 0.2) is 11.5 Å². The quantitative estimate of drug-likeness (QED) is 0.282. The van der Waals surface area contributed by atoms with Gasteiger partial charge in [-0.25, -0.2) is 9.69 Å². The summed E-state index contributed by atoms with van der Waals surface area (Å²) in [5, 5.41) is 4.71. The van der Waals surface area contributed by atoms with Crippen molar-refractivity contribution in [3.8, 4) is 11.5 Å². The fourth-order valence-electron chi connectivity index (χ4n) is 3.57. The number of nitrogens with zero attached hydrogens (tertiary/aromatic N) is 1. The van der Waals surface area contributed by atoms with E-state index in [9.17, 15) is 14.4 Å². The zero-order chi connectivity index (χ0) is 24.2. The summed E-state index contributed by atoms with van der Waals surface area (Å²) in [4.78, 5) is 36.9. The number of hydrogen-bond donors (Lipinski definition) is 1. The minimum atomic E-state index is -0.695. The maximum atomic E-state index is 12.6. The van der Waals surface area contributed by atoms with E-state index in [1.165, 1.54) is 20.3 Å². The predicted octanol–water partition coefficient (Wildman–Crippen LogP) is 4.26. The molecule has 1 aliphatic heterocycles. The number of halogens is 1. The second-order valence-electron chi connectivity index (χ2n) is 7.41. The monoisotopic (exact) mass is 524 g/mol. The van der Waals surface area contributed by atoms with Crippen molar-refractivity contribution in [3.63, 3.8) is 0 Å². The molecule has 1 heterocycles. The number of methoxy groups -OCH3 is 2. The Bertz CT molecular complexity index is 1310. The van der Waals surface area contributed by atoms with Crippen LogP contribution in [0.3, 0.4) is 0 Å². The van der Waals surface area contributed by atoms with Gasteiger partial charge in [-0.3, -0.25) is 9.59 Å². The van der Waals surface area contributed by atoms with E-state index < -0.39 is 24.5 Å². The highest BCUT2D eigenvalue weighted by Gasteiger charge is 2.35. The Morgan fingerprint density at radius 1 is 1.06 bits per heavy atom. The van der Waals surface area contributed by atoms with E-state index in [1.54, 1.807) is 12.1 Å². The number of amides is 3. The van der Waals surface area contributed by atoms with Gasteiger partial charge in [0.1, 0.15) is 18.8 Å². The van der Waals surface area contributed by atoms with Gasteiger partial charge in [-0.2, -0.15) is 0 Å². The minimum Gasteiger partial charge on any atom is -0.493 e. The SMILES string of the molecule is COC(=O)CN1C(=O)N/C(=C/c2cc(OC)c(OCc3cccc4ccccc34)cc2Br)C1=O. The number of nitrogens with one attached hydrogen (secondary N) is 1. The van der Waals surface area contributed by atoms with E-state index in [-0.39, 0.29) is 5.70 Å². The normalized spacial score (nSPS) is 14.4. The molecule has 8 nitrogen and oxygen atoms in total. The average molecular weight is 525 g/mol. The van der Waals surface area contributed by atoms with Crippen molar-refractivity contribution < 1.29 is 28.6 Å². The number of esters is 1. The summed E-state index contributed by atoms with van der Waals surface area (Å²) in [6.07, 6.45) is 1.50. The van der Waals surface area contributed by atoms with Crippen LogP contribution >= 0.6 is 15.9 Å². The van der Waals surface area contributed by atoms with Crippen LogP contribution in [0.15, 0.2) is 64.8 Å². The number of urea groups is 1. The summed E-state index contributed by atoms with van der Waals surface area (Å²) < 4.78 is 16.7. The summed E-state index contributed by atoms with van der Waals surface area (Å²) in [6, 6.07) is 16.9. The van der Waals surface area contributed by atoms with Gasteiger partial charge >= 0.3 is 12.0 Å². The lowest BCUT2D eigenvalue weighted by Gasteiger charge is -2.14. The largest absolute Gasteiger partial charge is 0.493 e. The molecule has 3 aromatic rings. The number of rotatable bonds is 7. The molecule has 0 radical (unpaired) electrons. The average Bonchev–Trinajstić information content (AvgIpc) is 3.11. The molecule has 1 saturated heterocycles. The molecule has 0 atom stereocenters. The maximum absolute atomic E-state index is 12.6. The first-order chi connectivity index (χ1) is 16.4. The number of fused-ring (bicyclic) bond motifs is 1. The third-order valence-electron chi connectivity index (χ3n) is 5.32. The molecule has 0 aliphatic carbocycles. The molecule has 1 aliphatic rings.